The Hall–Kier alpha value is -2.34. The highest BCUT2D eigenvalue weighted by Crippen LogP contribution is 2.45. The number of nitrogens with one attached hydrogen (secondary N) is 2. The Morgan fingerprint density at radius 3 is 2.03 bits per heavy atom. The molecule has 0 radical (unpaired) electrons. The molecule has 0 spiro atoms. The lowest BCUT2D eigenvalue weighted by atomic mass is 9.89. The van der Waals surface area contributed by atoms with Crippen molar-refractivity contribution in [2.75, 3.05) is 6.54 Å². The lowest BCUT2D eigenvalue weighted by molar-refractivity contribution is -0.174. The minimum absolute atomic E-state index is 0.123. The quantitative estimate of drug-likeness (QED) is 0.757. The molecule has 29 heavy (non-hydrogen) atoms. The van der Waals surface area contributed by atoms with Crippen molar-refractivity contribution in [3.63, 3.8) is 0 Å². The zero-order valence-corrected chi connectivity index (χ0v) is 16.1. The minimum atomic E-state index is -4.83. The molecule has 2 N–H and O–H groups in total. The molecule has 0 bridgehead atoms. The Labute approximate surface area is 168 Å². The number of carbonyl (C=O) groups is 1. The smallest absolute Gasteiger partial charge is 0.344 e. The Balaban J connectivity index is 1.41. The van der Waals surface area contributed by atoms with Crippen molar-refractivity contribution in [2.24, 2.45) is 0 Å². The zero-order valence-electron chi connectivity index (χ0n) is 16.1. The van der Waals surface area contributed by atoms with Gasteiger partial charge in [-0.3, -0.25) is 4.79 Å². The van der Waals surface area contributed by atoms with Gasteiger partial charge in [0.15, 0.2) is 0 Å². The highest BCUT2D eigenvalue weighted by atomic mass is 19.4. The molecule has 2 aromatic carbocycles. The van der Waals surface area contributed by atoms with Crippen LogP contribution in [0, 0.1) is 0 Å². The summed E-state index contributed by atoms with van der Waals surface area (Å²) in [4.78, 5) is 11.4. The largest absolute Gasteiger partial charge is 0.471 e. The fourth-order valence-electron chi connectivity index (χ4n) is 4.78. The molecule has 2 aliphatic rings. The van der Waals surface area contributed by atoms with Crippen molar-refractivity contribution >= 4 is 5.91 Å². The first-order valence-corrected chi connectivity index (χ1v) is 10.2. The van der Waals surface area contributed by atoms with E-state index in [1.54, 1.807) is 0 Å². The molecule has 4 rings (SSSR count). The van der Waals surface area contributed by atoms with Gasteiger partial charge in [-0.05, 0) is 48.1 Å². The summed E-state index contributed by atoms with van der Waals surface area (Å²) in [7, 11) is 0. The minimum Gasteiger partial charge on any atom is -0.344 e. The third kappa shape index (κ3) is 4.17. The monoisotopic (exact) mass is 402 g/mol. The van der Waals surface area contributed by atoms with Crippen LogP contribution in [0.25, 0.3) is 11.1 Å². The van der Waals surface area contributed by atoms with Gasteiger partial charge in [-0.2, -0.15) is 13.2 Å². The van der Waals surface area contributed by atoms with Gasteiger partial charge >= 0.3 is 12.1 Å². The summed E-state index contributed by atoms with van der Waals surface area (Å²) in [6, 6.07) is 16.2. The van der Waals surface area contributed by atoms with E-state index in [1.165, 1.54) is 22.3 Å². The molecule has 1 saturated carbocycles. The highest BCUT2D eigenvalue weighted by Gasteiger charge is 2.41. The lowest BCUT2D eigenvalue weighted by Crippen LogP contribution is -2.54. The maximum Gasteiger partial charge on any atom is 0.471 e. The molecule has 3 nitrogen and oxygen atoms in total. The third-order valence-corrected chi connectivity index (χ3v) is 6.14. The van der Waals surface area contributed by atoms with Crippen LogP contribution in [0.15, 0.2) is 48.5 Å². The number of fused-ring (bicyclic) bond motifs is 3. The molecule has 0 unspecified atom stereocenters. The Morgan fingerprint density at radius 2 is 1.45 bits per heavy atom. The summed E-state index contributed by atoms with van der Waals surface area (Å²) in [5.74, 6) is -1.56. The second-order valence-corrected chi connectivity index (χ2v) is 7.94. The van der Waals surface area contributed by atoms with Gasteiger partial charge in [-0.25, -0.2) is 0 Å². The van der Waals surface area contributed by atoms with E-state index in [4.69, 9.17) is 0 Å². The maximum absolute atomic E-state index is 12.6. The SMILES string of the molecule is O=C(N[C@@H]1CCCC[C@H]1NCCC1c2ccccc2-c2ccccc21)C(F)(F)F. The maximum atomic E-state index is 12.6. The van der Waals surface area contributed by atoms with Gasteiger partial charge in [0.1, 0.15) is 0 Å². The van der Waals surface area contributed by atoms with Gasteiger partial charge in [0.25, 0.3) is 0 Å². The second-order valence-electron chi connectivity index (χ2n) is 7.94. The molecule has 2 aromatic rings. The van der Waals surface area contributed by atoms with E-state index < -0.39 is 18.1 Å². The van der Waals surface area contributed by atoms with Crippen LogP contribution < -0.4 is 10.6 Å². The van der Waals surface area contributed by atoms with E-state index in [-0.39, 0.29) is 12.0 Å². The summed E-state index contributed by atoms with van der Waals surface area (Å²) >= 11 is 0. The predicted molar refractivity (Wildman–Crippen MR) is 107 cm³/mol. The first-order valence-electron chi connectivity index (χ1n) is 10.2. The molecule has 6 heteroatoms. The Bertz CT molecular complexity index is 835. The van der Waals surface area contributed by atoms with Crippen LogP contribution >= 0.6 is 0 Å². The number of benzene rings is 2. The van der Waals surface area contributed by atoms with Crippen molar-refractivity contribution in [3.8, 4) is 11.1 Å². The average Bonchev–Trinajstić information content (AvgIpc) is 3.03. The van der Waals surface area contributed by atoms with Crippen molar-refractivity contribution in [2.45, 2.75) is 56.3 Å². The van der Waals surface area contributed by atoms with E-state index in [1.807, 2.05) is 12.1 Å². The standard InChI is InChI=1S/C23H25F3N2O/c24-23(25,26)22(29)28-21-12-6-5-11-20(21)27-14-13-19-17-9-3-1-7-15(17)16-8-2-4-10-18(16)19/h1-4,7-10,19-21,27H,5-6,11-14H2,(H,28,29)/t20-,21-/m1/s1. The van der Waals surface area contributed by atoms with E-state index in [9.17, 15) is 18.0 Å². The van der Waals surface area contributed by atoms with Gasteiger partial charge in [0.05, 0.1) is 0 Å². The van der Waals surface area contributed by atoms with Crippen LogP contribution in [-0.2, 0) is 4.79 Å². The van der Waals surface area contributed by atoms with Gasteiger partial charge in [0, 0.05) is 18.0 Å². The van der Waals surface area contributed by atoms with Crippen LogP contribution in [0.3, 0.4) is 0 Å². The number of alkyl halides is 3. The van der Waals surface area contributed by atoms with E-state index >= 15 is 0 Å². The summed E-state index contributed by atoms with van der Waals surface area (Å²) in [5, 5.41) is 5.63. The first kappa shape index (κ1) is 20.0. The van der Waals surface area contributed by atoms with Crippen molar-refractivity contribution in [1.82, 2.24) is 10.6 Å². The number of hydrogen-bond donors (Lipinski definition) is 2. The number of rotatable bonds is 5. The zero-order chi connectivity index (χ0) is 20.4. The van der Waals surface area contributed by atoms with Crippen LogP contribution in [0.4, 0.5) is 13.2 Å². The summed E-state index contributed by atoms with van der Waals surface area (Å²) < 4.78 is 37.9. The molecule has 2 aliphatic carbocycles. The molecular weight excluding hydrogens is 377 g/mol. The van der Waals surface area contributed by atoms with E-state index in [2.05, 4.69) is 47.0 Å². The molecular formula is C23H25F3N2O. The predicted octanol–water partition coefficient (Wildman–Crippen LogP) is 4.77. The molecule has 0 heterocycles. The first-order chi connectivity index (χ1) is 13.9. The van der Waals surface area contributed by atoms with Crippen molar-refractivity contribution < 1.29 is 18.0 Å². The normalized spacial score (nSPS) is 21.5. The third-order valence-electron chi connectivity index (χ3n) is 6.14. The fourth-order valence-corrected chi connectivity index (χ4v) is 4.78. The molecule has 1 fully saturated rings. The molecule has 0 aliphatic heterocycles. The highest BCUT2D eigenvalue weighted by molar-refractivity contribution is 5.82. The number of halogens is 3. The van der Waals surface area contributed by atoms with E-state index in [0.29, 0.717) is 13.0 Å². The number of carbonyl (C=O) groups excluding carboxylic acids is 1. The van der Waals surface area contributed by atoms with Gasteiger partial charge in [-0.1, -0.05) is 61.4 Å². The molecule has 0 aromatic heterocycles. The summed E-state index contributed by atoms with van der Waals surface area (Å²) in [5.41, 5.74) is 5.14. The van der Waals surface area contributed by atoms with Crippen LogP contribution in [0.5, 0.6) is 0 Å². The molecule has 1 amide bonds. The van der Waals surface area contributed by atoms with Crippen LogP contribution in [0.1, 0.15) is 49.1 Å². The topological polar surface area (TPSA) is 41.1 Å². The summed E-state index contributed by atoms with van der Waals surface area (Å²) in [6.45, 7) is 0.691. The van der Waals surface area contributed by atoms with Gasteiger partial charge in [-0.15, -0.1) is 0 Å². The van der Waals surface area contributed by atoms with Gasteiger partial charge in [0.2, 0.25) is 0 Å². The molecule has 154 valence electrons. The van der Waals surface area contributed by atoms with E-state index in [0.717, 1.165) is 25.7 Å². The average molecular weight is 402 g/mol. The fraction of sp³-hybridized carbons (Fsp3) is 0.435. The second kappa shape index (κ2) is 8.19. The Kier molecular flexibility index (Phi) is 5.63. The lowest BCUT2D eigenvalue weighted by Gasteiger charge is -2.33. The van der Waals surface area contributed by atoms with Crippen LogP contribution in [-0.4, -0.2) is 30.7 Å². The number of hydrogen-bond acceptors (Lipinski definition) is 2. The molecule has 2 atom stereocenters. The number of amides is 1. The van der Waals surface area contributed by atoms with Crippen molar-refractivity contribution in [1.29, 1.82) is 0 Å². The summed E-state index contributed by atoms with van der Waals surface area (Å²) in [6.07, 6.45) is -0.811. The van der Waals surface area contributed by atoms with Gasteiger partial charge < -0.3 is 10.6 Å². The van der Waals surface area contributed by atoms with Crippen LogP contribution in [0.2, 0.25) is 0 Å². The Morgan fingerprint density at radius 1 is 0.897 bits per heavy atom. The molecule has 0 saturated heterocycles. The van der Waals surface area contributed by atoms with Crippen molar-refractivity contribution in [3.05, 3.63) is 59.7 Å².